The van der Waals surface area contributed by atoms with Crippen molar-refractivity contribution in [2.45, 2.75) is 6.04 Å². The predicted molar refractivity (Wildman–Crippen MR) is 63.2 cm³/mol. The van der Waals surface area contributed by atoms with Crippen molar-refractivity contribution in [3.8, 4) is 0 Å². The summed E-state index contributed by atoms with van der Waals surface area (Å²) in [5, 5.41) is 3.52. The van der Waals surface area contributed by atoms with Crippen molar-refractivity contribution >= 4 is 11.6 Å². The molecule has 1 aliphatic heterocycles. The maximum absolute atomic E-state index is 12.8. The molecule has 0 bridgehead atoms. The lowest BCUT2D eigenvalue weighted by Crippen LogP contribution is -2.42. The number of aliphatic imine (C=N–C) groups is 1. The molecule has 1 heterocycles. The fraction of sp³-hybridized carbons (Fsp3) is 0.300. The molecule has 0 amide bonds. The normalized spacial score (nSPS) is 18.8. The van der Waals surface area contributed by atoms with E-state index in [4.69, 9.17) is 11.3 Å². The van der Waals surface area contributed by atoms with E-state index in [1.807, 2.05) is 0 Å². The van der Waals surface area contributed by atoms with Gasteiger partial charge in [0.15, 0.2) is 5.96 Å². The molecule has 1 aromatic carbocycles. The van der Waals surface area contributed by atoms with Gasteiger partial charge < -0.3 is 10.6 Å². The molecule has 0 saturated carbocycles. The molecule has 1 unspecified atom stereocenters. The third-order valence-corrected chi connectivity index (χ3v) is 2.54. The van der Waals surface area contributed by atoms with Crippen molar-refractivity contribution in [1.29, 1.82) is 0 Å². The first kappa shape index (κ1) is 11.2. The van der Waals surface area contributed by atoms with E-state index in [0.717, 1.165) is 5.69 Å². The van der Waals surface area contributed by atoms with Crippen LogP contribution in [0.1, 0.15) is 0 Å². The van der Waals surface area contributed by atoms with Gasteiger partial charge in [-0.25, -0.2) is 4.39 Å². The van der Waals surface area contributed by atoms with Crippen LogP contribution in [-0.4, -0.2) is 25.1 Å². The average Bonchev–Trinajstić information content (AvgIpc) is 2.69. The van der Waals surface area contributed by atoms with Gasteiger partial charge in [-0.2, -0.15) is 0 Å². The van der Waals surface area contributed by atoms with Crippen LogP contribution in [0, 0.1) is 5.82 Å². The number of anilines is 1. The minimum atomic E-state index is -0.310. The standard InChI is InChI=1S/C10H11FN6/c11-7-1-3-8(4-2-7)17-9(6-15-16-13)5-14-10(17)12/h1-4,9H,5-6H2,(H2,12,14). The van der Waals surface area contributed by atoms with Gasteiger partial charge in [-0.15, -0.1) is 0 Å². The van der Waals surface area contributed by atoms with E-state index in [1.54, 1.807) is 17.0 Å². The first-order valence-electron chi connectivity index (χ1n) is 5.08. The third kappa shape index (κ3) is 2.29. The first-order chi connectivity index (χ1) is 8.22. The fourth-order valence-electron chi connectivity index (χ4n) is 1.76. The lowest BCUT2D eigenvalue weighted by Gasteiger charge is -2.25. The van der Waals surface area contributed by atoms with Crippen molar-refractivity contribution in [3.63, 3.8) is 0 Å². The molecule has 0 saturated heterocycles. The van der Waals surface area contributed by atoms with Gasteiger partial charge in [0.1, 0.15) is 5.82 Å². The topological polar surface area (TPSA) is 90.4 Å². The Morgan fingerprint density at radius 2 is 2.24 bits per heavy atom. The summed E-state index contributed by atoms with van der Waals surface area (Å²) in [7, 11) is 0. The van der Waals surface area contributed by atoms with Crippen molar-refractivity contribution < 1.29 is 4.39 Å². The summed E-state index contributed by atoms with van der Waals surface area (Å²) < 4.78 is 12.8. The first-order valence-corrected chi connectivity index (χ1v) is 5.08. The Balaban J connectivity index is 2.23. The third-order valence-electron chi connectivity index (χ3n) is 2.54. The van der Waals surface area contributed by atoms with Gasteiger partial charge in [-0.05, 0) is 29.8 Å². The number of benzene rings is 1. The molecular formula is C10H11FN6. The fourth-order valence-corrected chi connectivity index (χ4v) is 1.76. The Kier molecular flexibility index (Phi) is 3.11. The van der Waals surface area contributed by atoms with Crippen LogP contribution in [0.4, 0.5) is 10.1 Å². The average molecular weight is 234 g/mol. The number of hydrogen-bond donors (Lipinski definition) is 1. The molecule has 1 aliphatic rings. The van der Waals surface area contributed by atoms with Crippen molar-refractivity contribution in [1.82, 2.24) is 0 Å². The minimum Gasteiger partial charge on any atom is -0.370 e. The molecule has 2 rings (SSSR count). The van der Waals surface area contributed by atoms with Crippen LogP contribution in [0.3, 0.4) is 0 Å². The predicted octanol–water partition coefficient (Wildman–Crippen LogP) is 1.64. The van der Waals surface area contributed by atoms with E-state index < -0.39 is 0 Å². The van der Waals surface area contributed by atoms with Crippen molar-refractivity contribution in [3.05, 3.63) is 40.5 Å². The highest BCUT2D eigenvalue weighted by molar-refractivity contribution is 5.97. The molecule has 0 aromatic heterocycles. The van der Waals surface area contributed by atoms with E-state index in [9.17, 15) is 4.39 Å². The Morgan fingerprint density at radius 3 is 2.88 bits per heavy atom. The van der Waals surface area contributed by atoms with Crippen LogP contribution in [0.25, 0.3) is 10.4 Å². The summed E-state index contributed by atoms with van der Waals surface area (Å²) in [6.07, 6.45) is 0. The molecule has 0 aliphatic carbocycles. The number of rotatable bonds is 3. The van der Waals surface area contributed by atoms with Crippen LogP contribution < -0.4 is 10.6 Å². The Hall–Kier alpha value is -2.27. The quantitative estimate of drug-likeness (QED) is 0.489. The highest BCUT2D eigenvalue weighted by Crippen LogP contribution is 2.21. The molecule has 1 atom stereocenters. The SMILES string of the molecule is [N-]=[N+]=NCC1CN=C(N)N1c1ccc(F)cc1. The van der Waals surface area contributed by atoms with Gasteiger partial charge in [0.05, 0.1) is 12.6 Å². The van der Waals surface area contributed by atoms with Crippen LogP contribution in [0.15, 0.2) is 34.4 Å². The lowest BCUT2D eigenvalue weighted by atomic mass is 10.2. The summed E-state index contributed by atoms with van der Waals surface area (Å²) in [6, 6.07) is 5.84. The number of guanidine groups is 1. The van der Waals surface area contributed by atoms with Crippen molar-refractivity contribution in [2.75, 3.05) is 18.0 Å². The smallest absolute Gasteiger partial charge is 0.196 e. The molecule has 1 aromatic rings. The van der Waals surface area contributed by atoms with Crippen molar-refractivity contribution in [2.24, 2.45) is 15.8 Å². The second kappa shape index (κ2) is 4.71. The van der Waals surface area contributed by atoms with Crippen LogP contribution in [-0.2, 0) is 0 Å². The van der Waals surface area contributed by atoms with E-state index in [-0.39, 0.29) is 18.4 Å². The van der Waals surface area contributed by atoms with Crippen LogP contribution in [0.5, 0.6) is 0 Å². The number of nitrogens with zero attached hydrogens (tertiary/aromatic N) is 5. The zero-order valence-electron chi connectivity index (χ0n) is 8.99. The summed E-state index contributed by atoms with van der Waals surface area (Å²) in [6.45, 7) is 0.750. The second-order valence-corrected chi connectivity index (χ2v) is 3.61. The number of nitrogens with two attached hydrogens (primary N) is 1. The summed E-state index contributed by atoms with van der Waals surface area (Å²) in [5.41, 5.74) is 14.8. The number of hydrogen-bond acceptors (Lipinski definition) is 4. The summed E-state index contributed by atoms with van der Waals surface area (Å²) in [5.74, 6) is 0.0461. The van der Waals surface area contributed by atoms with E-state index in [0.29, 0.717) is 12.5 Å². The Morgan fingerprint density at radius 1 is 1.53 bits per heavy atom. The van der Waals surface area contributed by atoms with Gasteiger partial charge in [0.2, 0.25) is 0 Å². The molecule has 88 valence electrons. The van der Waals surface area contributed by atoms with E-state index in [1.165, 1.54) is 12.1 Å². The van der Waals surface area contributed by atoms with Gasteiger partial charge >= 0.3 is 0 Å². The molecule has 0 spiro atoms. The largest absolute Gasteiger partial charge is 0.370 e. The highest BCUT2D eigenvalue weighted by Gasteiger charge is 2.26. The molecule has 0 fully saturated rings. The zero-order chi connectivity index (χ0) is 12.3. The Bertz CT molecular complexity index is 476. The lowest BCUT2D eigenvalue weighted by molar-refractivity contribution is 0.627. The number of halogens is 1. The van der Waals surface area contributed by atoms with Gasteiger partial charge in [-0.3, -0.25) is 4.99 Å². The summed E-state index contributed by atoms with van der Waals surface area (Å²) in [4.78, 5) is 8.55. The van der Waals surface area contributed by atoms with Gasteiger partial charge in [0.25, 0.3) is 0 Å². The molecule has 6 nitrogen and oxygen atoms in total. The van der Waals surface area contributed by atoms with Crippen LogP contribution in [0.2, 0.25) is 0 Å². The maximum atomic E-state index is 12.8. The molecule has 0 radical (unpaired) electrons. The Labute approximate surface area is 97.2 Å². The molecule has 2 N–H and O–H groups in total. The zero-order valence-corrected chi connectivity index (χ0v) is 8.99. The second-order valence-electron chi connectivity index (χ2n) is 3.61. The van der Waals surface area contributed by atoms with Crippen LogP contribution >= 0.6 is 0 Å². The maximum Gasteiger partial charge on any atom is 0.196 e. The highest BCUT2D eigenvalue weighted by atomic mass is 19.1. The van der Waals surface area contributed by atoms with E-state index in [2.05, 4.69) is 15.0 Å². The summed E-state index contributed by atoms with van der Waals surface area (Å²) >= 11 is 0. The van der Waals surface area contributed by atoms with Gasteiger partial charge in [-0.1, -0.05) is 5.11 Å². The molecule has 7 heteroatoms. The number of azide groups is 1. The van der Waals surface area contributed by atoms with E-state index >= 15 is 0 Å². The van der Waals surface area contributed by atoms with Gasteiger partial charge in [0, 0.05) is 17.1 Å². The molecular weight excluding hydrogens is 223 g/mol. The minimum absolute atomic E-state index is 0.101. The molecule has 17 heavy (non-hydrogen) atoms. The monoisotopic (exact) mass is 234 g/mol.